The molecule has 0 aromatic heterocycles. The molecule has 0 spiro atoms. The fourth-order valence-electron chi connectivity index (χ4n) is 3.05. The van der Waals surface area contributed by atoms with Crippen LogP contribution in [0.1, 0.15) is 19.8 Å². The minimum Gasteiger partial charge on any atom is -0.492 e. The van der Waals surface area contributed by atoms with Gasteiger partial charge in [-0.25, -0.2) is 12.7 Å². The minimum atomic E-state index is -3.08. The molecule has 7 nitrogen and oxygen atoms in total. The number of hydrogen-bond acceptors (Lipinski definition) is 4. The minimum absolute atomic E-state index is 0. The summed E-state index contributed by atoms with van der Waals surface area (Å²) in [6.07, 6.45) is 2.97. The predicted octanol–water partition coefficient (Wildman–Crippen LogP) is 2.91. The monoisotopic (exact) mass is 558 g/mol. The van der Waals surface area contributed by atoms with E-state index < -0.39 is 10.0 Å². The topological polar surface area (TPSA) is 74.2 Å². The third-order valence-electron chi connectivity index (χ3n) is 4.75. The van der Waals surface area contributed by atoms with Gasteiger partial charge in [0.05, 0.1) is 12.8 Å². The molecule has 1 N–H and O–H groups in total. The van der Waals surface area contributed by atoms with E-state index in [1.165, 1.54) is 6.26 Å². The van der Waals surface area contributed by atoms with Gasteiger partial charge in [0.2, 0.25) is 10.0 Å². The van der Waals surface area contributed by atoms with E-state index >= 15 is 0 Å². The quantitative estimate of drug-likeness (QED) is 0.302. The van der Waals surface area contributed by atoms with Crippen molar-refractivity contribution >= 4 is 51.6 Å². The van der Waals surface area contributed by atoms with Crippen molar-refractivity contribution in [1.82, 2.24) is 14.5 Å². The van der Waals surface area contributed by atoms with Crippen molar-refractivity contribution < 1.29 is 13.2 Å². The van der Waals surface area contributed by atoms with Gasteiger partial charge in [-0.15, -0.1) is 24.0 Å². The van der Waals surface area contributed by atoms with E-state index in [-0.39, 0.29) is 24.0 Å². The molecule has 29 heavy (non-hydrogen) atoms. The molecule has 1 fully saturated rings. The Morgan fingerprint density at radius 1 is 1.31 bits per heavy atom. The number of sulfonamides is 1. The van der Waals surface area contributed by atoms with Crippen LogP contribution in [0.4, 0.5) is 0 Å². The molecule has 0 atom stereocenters. The van der Waals surface area contributed by atoms with E-state index in [1.807, 2.05) is 31.0 Å². The van der Waals surface area contributed by atoms with Crippen molar-refractivity contribution in [3.05, 3.63) is 29.3 Å². The maximum atomic E-state index is 11.6. The molecular formula is C19H32ClIN4O3S. The summed E-state index contributed by atoms with van der Waals surface area (Å²) in [4.78, 5) is 6.80. The fraction of sp³-hybridized carbons (Fsp3) is 0.632. The Morgan fingerprint density at radius 2 is 1.93 bits per heavy atom. The second-order valence-corrected chi connectivity index (χ2v) is 9.44. The van der Waals surface area contributed by atoms with Crippen LogP contribution in [0.2, 0.25) is 5.02 Å². The first-order valence-corrected chi connectivity index (χ1v) is 11.8. The van der Waals surface area contributed by atoms with E-state index in [1.54, 1.807) is 16.4 Å². The SMILES string of the molecule is CCNC(=NCC1CCN(S(C)(=O)=O)CC1)N(C)CCOc1ccc(Cl)cc1.I. The summed E-state index contributed by atoms with van der Waals surface area (Å²) in [7, 11) is -1.10. The van der Waals surface area contributed by atoms with Crippen LogP contribution < -0.4 is 10.1 Å². The van der Waals surface area contributed by atoms with E-state index in [4.69, 9.17) is 21.3 Å². The maximum Gasteiger partial charge on any atom is 0.211 e. The van der Waals surface area contributed by atoms with Gasteiger partial charge in [0.15, 0.2) is 5.96 Å². The molecule has 0 unspecified atom stereocenters. The average Bonchev–Trinajstić information content (AvgIpc) is 2.66. The van der Waals surface area contributed by atoms with E-state index in [2.05, 4.69) is 5.32 Å². The van der Waals surface area contributed by atoms with Gasteiger partial charge in [-0.2, -0.15) is 0 Å². The van der Waals surface area contributed by atoms with Gasteiger partial charge in [-0.05, 0) is 49.9 Å². The lowest BCUT2D eigenvalue weighted by molar-refractivity contribution is 0.274. The molecule has 1 heterocycles. The van der Waals surface area contributed by atoms with Crippen LogP contribution in [0.15, 0.2) is 29.3 Å². The fourth-order valence-corrected chi connectivity index (χ4v) is 4.05. The number of piperidine rings is 1. The first-order valence-electron chi connectivity index (χ1n) is 9.62. The highest BCUT2D eigenvalue weighted by molar-refractivity contribution is 14.0. The molecular weight excluding hydrogens is 527 g/mol. The number of likely N-dealkylation sites (N-methyl/N-ethyl adjacent to an activating group) is 1. The summed E-state index contributed by atoms with van der Waals surface area (Å²) >= 11 is 5.88. The Kier molecular flexibility index (Phi) is 11.6. The number of ether oxygens (including phenoxy) is 1. The zero-order valence-electron chi connectivity index (χ0n) is 17.3. The predicted molar refractivity (Wildman–Crippen MR) is 130 cm³/mol. The van der Waals surface area contributed by atoms with E-state index in [0.717, 1.165) is 31.1 Å². The molecule has 1 aliphatic heterocycles. The lowest BCUT2D eigenvalue weighted by Crippen LogP contribution is -2.42. The summed E-state index contributed by atoms with van der Waals surface area (Å²) in [5.41, 5.74) is 0. The highest BCUT2D eigenvalue weighted by Crippen LogP contribution is 2.19. The van der Waals surface area contributed by atoms with Crippen LogP contribution in [0.25, 0.3) is 0 Å². The summed E-state index contributed by atoms with van der Waals surface area (Å²) in [6, 6.07) is 7.32. The molecule has 1 aromatic carbocycles. The molecule has 0 bridgehead atoms. The summed E-state index contributed by atoms with van der Waals surface area (Å²) < 4.78 is 30.5. The average molecular weight is 559 g/mol. The number of halogens is 2. The zero-order chi connectivity index (χ0) is 20.6. The van der Waals surface area contributed by atoms with Crippen molar-refractivity contribution in [3.63, 3.8) is 0 Å². The van der Waals surface area contributed by atoms with E-state index in [0.29, 0.717) is 43.7 Å². The molecule has 10 heteroatoms. The van der Waals surface area contributed by atoms with Gasteiger partial charge in [0.1, 0.15) is 12.4 Å². The van der Waals surface area contributed by atoms with Crippen molar-refractivity contribution in [2.45, 2.75) is 19.8 Å². The van der Waals surface area contributed by atoms with Crippen molar-refractivity contribution in [2.24, 2.45) is 10.9 Å². The Morgan fingerprint density at radius 3 is 2.48 bits per heavy atom. The molecule has 0 radical (unpaired) electrons. The number of nitrogens with zero attached hydrogens (tertiary/aromatic N) is 3. The number of nitrogens with one attached hydrogen (secondary N) is 1. The summed E-state index contributed by atoms with van der Waals surface area (Å²) in [5.74, 6) is 2.04. The van der Waals surface area contributed by atoms with Crippen molar-refractivity contribution in [2.75, 3.05) is 52.6 Å². The number of rotatable bonds is 8. The van der Waals surface area contributed by atoms with Crippen molar-refractivity contribution in [1.29, 1.82) is 0 Å². The second-order valence-electron chi connectivity index (χ2n) is 7.02. The van der Waals surface area contributed by atoms with Crippen LogP contribution >= 0.6 is 35.6 Å². The highest BCUT2D eigenvalue weighted by Gasteiger charge is 2.24. The largest absolute Gasteiger partial charge is 0.492 e. The molecule has 0 saturated carbocycles. The van der Waals surface area contributed by atoms with Gasteiger partial charge in [-0.1, -0.05) is 11.6 Å². The van der Waals surface area contributed by atoms with Gasteiger partial charge in [0.25, 0.3) is 0 Å². The van der Waals surface area contributed by atoms with Crippen LogP contribution in [-0.2, 0) is 10.0 Å². The van der Waals surface area contributed by atoms with Gasteiger partial charge < -0.3 is 15.0 Å². The summed E-state index contributed by atoms with van der Waals surface area (Å²) in [6.45, 7) is 5.92. The molecule has 2 rings (SSSR count). The van der Waals surface area contributed by atoms with Crippen molar-refractivity contribution in [3.8, 4) is 5.75 Å². The lowest BCUT2D eigenvalue weighted by atomic mass is 9.98. The first-order chi connectivity index (χ1) is 13.3. The smallest absolute Gasteiger partial charge is 0.211 e. The molecule has 166 valence electrons. The van der Waals surface area contributed by atoms with Crippen LogP contribution in [-0.4, -0.2) is 76.2 Å². The Bertz CT molecular complexity index is 738. The van der Waals surface area contributed by atoms with Gasteiger partial charge in [0, 0.05) is 38.2 Å². The molecule has 1 aliphatic rings. The Hall–Kier alpha value is -0.780. The standard InChI is InChI=1S/C19H31ClN4O3S.HI/c1-4-21-19(22-15-16-9-11-24(12-10-16)28(3,25)26)23(2)13-14-27-18-7-5-17(20)6-8-18;/h5-8,16H,4,9-15H2,1-3H3,(H,21,22);1H. The number of guanidine groups is 1. The lowest BCUT2D eigenvalue weighted by Gasteiger charge is -2.30. The third kappa shape index (κ3) is 9.27. The molecule has 0 amide bonds. The van der Waals surface area contributed by atoms with E-state index in [9.17, 15) is 8.42 Å². The van der Waals surface area contributed by atoms with Gasteiger partial charge >= 0.3 is 0 Å². The third-order valence-corrected chi connectivity index (χ3v) is 6.30. The van der Waals surface area contributed by atoms with Gasteiger partial charge in [-0.3, -0.25) is 4.99 Å². The van der Waals surface area contributed by atoms with Crippen LogP contribution in [0.5, 0.6) is 5.75 Å². The molecule has 0 aliphatic carbocycles. The first kappa shape index (κ1) is 26.3. The zero-order valence-corrected chi connectivity index (χ0v) is 21.2. The number of hydrogen-bond donors (Lipinski definition) is 1. The van der Waals surface area contributed by atoms with Crippen LogP contribution in [0, 0.1) is 5.92 Å². The highest BCUT2D eigenvalue weighted by atomic mass is 127. The Labute approximate surface area is 196 Å². The molecule has 1 saturated heterocycles. The number of benzene rings is 1. The Balaban J connectivity index is 0.00000420. The van der Waals surface area contributed by atoms with Crippen LogP contribution in [0.3, 0.4) is 0 Å². The molecule has 1 aromatic rings. The second kappa shape index (κ2) is 12.8. The maximum absolute atomic E-state index is 11.6. The number of aliphatic imine (C=N–C) groups is 1. The normalized spacial score (nSPS) is 16.2. The summed E-state index contributed by atoms with van der Waals surface area (Å²) in [5, 5.41) is 4.00.